The van der Waals surface area contributed by atoms with Crippen LogP contribution < -0.4 is 5.32 Å². The monoisotopic (exact) mass is 306 g/mol. The number of rotatable bonds is 7. The number of nitrogens with zero attached hydrogens (tertiary/aromatic N) is 1. The molecule has 1 aromatic heterocycles. The summed E-state index contributed by atoms with van der Waals surface area (Å²) in [5.41, 5.74) is 1.16. The van der Waals surface area contributed by atoms with Crippen molar-refractivity contribution in [3.8, 4) is 0 Å². The van der Waals surface area contributed by atoms with Crippen molar-refractivity contribution in [1.82, 2.24) is 10.3 Å². The van der Waals surface area contributed by atoms with Crippen molar-refractivity contribution in [2.45, 2.75) is 18.3 Å². The Morgan fingerprint density at radius 3 is 3.06 bits per heavy atom. The average Bonchev–Trinajstić information content (AvgIpc) is 2.25. The van der Waals surface area contributed by atoms with Crippen molar-refractivity contribution in [2.24, 2.45) is 0 Å². The van der Waals surface area contributed by atoms with E-state index in [2.05, 4.69) is 26.2 Å². The number of hydrogen-bond donors (Lipinski definition) is 1. The summed E-state index contributed by atoms with van der Waals surface area (Å²) < 4.78 is 5.96. The molecule has 0 fully saturated rings. The number of alkyl halides is 1. The molecular weight excluding hydrogens is 291 g/mol. The van der Waals surface area contributed by atoms with Crippen LogP contribution in [-0.4, -0.2) is 30.6 Å². The topological polar surface area (TPSA) is 34.1 Å². The Kier molecular flexibility index (Phi) is 6.96. The molecule has 16 heavy (non-hydrogen) atoms. The molecule has 0 radical (unpaired) electrons. The van der Waals surface area contributed by atoms with Crippen LogP contribution in [0.1, 0.15) is 12.0 Å². The molecule has 1 unspecified atom stereocenters. The summed E-state index contributed by atoms with van der Waals surface area (Å²) in [6.07, 6.45) is 4.53. The summed E-state index contributed by atoms with van der Waals surface area (Å²) in [6.45, 7) is 2.29. The largest absolute Gasteiger partial charge is 0.383 e. The molecule has 90 valence electrons. The van der Waals surface area contributed by atoms with E-state index in [9.17, 15) is 0 Å². The molecule has 0 spiro atoms. The summed E-state index contributed by atoms with van der Waals surface area (Å²) in [6, 6.07) is 2.05. The second-order valence-corrected chi connectivity index (χ2v) is 5.06. The maximum atomic E-state index is 6.00. The van der Waals surface area contributed by atoms with Gasteiger partial charge in [-0.2, -0.15) is 0 Å². The van der Waals surface area contributed by atoms with Crippen molar-refractivity contribution in [1.29, 1.82) is 0 Å². The van der Waals surface area contributed by atoms with Crippen LogP contribution in [0.4, 0.5) is 0 Å². The molecule has 1 rings (SSSR count). The molecule has 1 N–H and O–H groups in total. The van der Waals surface area contributed by atoms with E-state index in [-0.39, 0.29) is 5.38 Å². The van der Waals surface area contributed by atoms with Gasteiger partial charge >= 0.3 is 0 Å². The van der Waals surface area contributed by atoms with Crippen LogP contribution in [-0.2, 0) is 11.3 Å². The summed E-state index contributed by atoms with van der Waals surface area (Å²) in [5.74, 6) is 0. The quantitative estimate of drug-likeness (QED) is 0.621. The Morgan fingerprint density at radius 1 is 1.56 bits per heavy atom. The van der Waals surface area contributed by atoms with Gasteiger partial charge in [-0.1, -0.05) is 0 Å². The van der Waals surface area contributed by atoms with E-state index in [0.29, 0.717) is 6.61 Å². The molecule has 1 aromatic rings. The lowest BCUT2D eigenvalue weighted by Gasteiger charge is -2.09. The highest BCUT2D eigenvalue weighted by Crippen LogP contribution is 2.09. The molecule has 0 amide bonds. The normalized spacial score (nSPS) is 12.7. The number of nitrogens with one attached hydrogen (secondary N) is 1. The van der Waals surface area contributed by atoms with Gasteiger partial charge in [-0.05, 0) is 40.5 Å². The molecule has 1 atom stereocenters. The Bertz CT molecular complexity index is 312. The molecular formula is C11H16BrClN2O. The predicted molar refractivity (Wildman–Crippen MR) is 69.8 cm³/mol. The van der Waals surface area contributed by atoms with Crippen molar-refractivity contribution in [3.63, 3.8) is 0 Å². The standard InChI is InChI=1S/C11H16BrClN2O/c1-16-8-11(13)2-3-14-5-9-4-10(12)7-15-6-9/h4,6-7,11,14H,2-3,5,8H2,1H3. The van der Waals surface area contributed by atoms with Gasteiger partial charge in [0.1, 0.15) is 0 Å². The third-order valence-corrected chi connectivity index (χ3v) is 2.85. The van der Waals surface area contributed by atoms with E-state index in [4.69, 9.17) is 16.3 Å². The van der Waals surface area contributed by atoms with Crippen molar-refractivity contribution < 1.29 is 4.74 Å². The Morgan fingerprint density at radius 2 is 2.38 bits per heavy atom. The maximum Gasteiger partial charge on any atom is 0.0626 e. The Labute approximate surface area is 110 Å². The van der Waals surface area contributed by atoms with Gasteiger partial charge in [0.05, 0.1) is 12.0 Å². The zero-order valence-electron chi connectivity index (χ0n) is 9.25. The van der Waals surface area contributed by atoms with Crippen LogP contribution in [0.25, 0.3) is 0 Å². The predicted octanol–water partition coefficient (Wildman–Crippen LogP) is 2.58. The molecule has 0 aliphatic heterocycles. The SMILES string of the molecule is COCC(Cl)CCNCc1cncc(Br)c1. The fourth-order valence-electron chi connectivity index (χ4n) is 1.31. The van der Waals surface area contributed by atoms with Gasteiger partial charge in [0.25, 0.3) is 0 Å². The molecule has 0 aromatic carbocycles. The van der Waals surface area contributed by atoms with Gasteiger partial charge in [0.15, 0.2) is 0 Å². The number of methoxy groups -OCH3 is 1. The minimum atomic E-state index is 0.0816. The number of halogens is 2. The van der Waals surface area contributed by atoms with E-state index in [1.54, 1.807) is 13.3 Å². The highest BCUT2D eigenvalue weighted by Gasteiger charge is 2.02. The molecule has 5 heteroatoms. The molecule has 0 aliphatic rings. The summed E-state index contributed by atoms with van der Waals surface area (Å²) in [7, 11) is 1.66. The molecule has 0 saturated heterocycles. The van der Waals surface area contributed by atoms with E-state index in [1.165, 1.54) is 0 Å². The van der Waals surface area contributed by atoms with Gasteiger partial charge in [0.2, 0.25) is 0 Å². The second-order valence-electron chi connectivity index (χ2n) is 3.53. The zero-order chi connectivity index (χ0) is 11.8. The Hall–Kier alpha value is -0.160. The van der Waals surface area contributed by atoms with Crippen molar-refractivity contribution >= 4 is 27.5 Å². The summed E-state index contributed by atoms with van der Waals surface area (Å²) in [5, 5.41) is 3.40. The average molecular weight is 308 g/mol. The van der Waals surface area contributed by atoms with Crippen LogP contribution >= 0.6 is 27.5 Å². The number of aromatic nitrogens is 1. The van der Waals surface area contributed by atoms with Crippen LogP contribution in [0.15, 0.2) is 22.9 Å². The van der Waals surface area contributed by atoms with Crippen LogP contribution in [0.2, 0.25) is 0 Å². The number of ether oxygens (including phenoxy) is 1. The molecule has 0 aliphatic carbocycles. The highest BCUT2D eigenvalue weighted by molar-refractivity contribution is 9.10. The Balaban J connectivity index is 2.16. The van der Waals surface area contributed by atoms with Crippen molar-refractivity contribution in [3.05, 3.63) is 28.5 Å². The van der Waals surface area contributed by atoms with Gasteiger partial charge in [-0.3, -0.25) is 4.98 Å². The first-order valence-electron chi connectivity index (χ1n) is 5.15. The van der Waals surface area contributed by atoms with Gasteiger partial charge in [-0.25, -0.2) is 0 Å². The highest BCUT2D eigenvalue weighted by atomic mass is 79.9. The molecule has 0 saturated carbocycles. The van der Waals surface area contributed by atoms with Gasteiger partial charge in [-0.15, -0.1) is 11.6 Å². The fraction of sp³-hybridized carbons (Fsp3) is 0.545. The fourth-order valence-corrected chi connectivity index (χ4v) is 1.96. The van der Waals surface area contributed by atoms with E-state index in [0.717, 1.165) is 29.5 Å². The first kappa shape index (κ1) is 13.9. The van der Waals surface area contributed by atoms with Crippen LogP contribution in [0.3, 0.4) is 0 Å². The first-order chi connectivity index (χ1) is 7.72. The van der Waals surface area contributed by atoms with Crippen molar-refractivity contribution in [2.75, 3.05) is 20.3 Å². The first-order valence-corrected chi connectivity index (χ1v) is 6.38. The lowest BCUT2D eigenvalue weighted by molar-refractivity contribution is 0.195. The van der Waals surface area contributed by atoms with Crippen LogP contribution in [0, 0.1) is 0 Å². The molecule has 0 bridgehead atoms. The third kappa shape index (κ3) is 5.80. The smallest absolute Gasteiger partial charge is 0.0626 e. The minimum Gasteiger partial charge on any atom is -0.383 e. The summed E-state index contributed by atoms with van der Waals surface area (Å²) in [4.78, 5) is 4.09. The lowest BCUT2D eigenvalue weighted by Crippen LogP contribution is -2.20. The number of hydrogen-bond acceptors (Lipinski definition) is 3. The third-order valence-electron chi connectivity index (χ3n) is 2.07. The summed E-state index contributed by atoms with van der Waals surface area (Å²) >= 11 is 9.39. The van der Waals surface area contributed by atoms with E-state index in [1.807, 2.05) is 12.3 Å². The zero-order valence-corrected chi connectivity index (χ0v) is 11.6. The second kappa shape index (κ2) is 8.01. The minimum absolute atomic E-state index is 0.0816. The van der Waals surface area contributed by atoms with Crippen LogP contribution in [0.5, 0.6) is 0 Å². The van der Waals surface area contributed by atoms with Gasteiger partial charge < -0.3 is 10.1 Å². The lowest BCUT2D eigenvalue weighted by atomic mass is 10.2. The van der Waals surface area contributed by atoms with E-state index < -0.39 is 0 Å². The molecule has 1 heterocycles. The molecule has 3 nitrogen and oxygen atoms in total. The van der Waals surface area contributed by atoms with E-state index >= 15 is 0 Å². The maximum absolute atomic E-state index is 6.00. The van der Waals surface area contributed by atoms with Gasteiger partial charge in [0, 0.05) is 30.5 Å². The number of pyridine rings is 1.